The van der Waals surface area contributed by atoms with Gasteiger partial charge in [-0.3, -0.25) is 4.79 Å². The zero-order valence-electron chi connectivity index (χ0n) is 11.5. The normalized spacial score (nSPS) is 18.3. The van der Waals surface area contributed by atoms with E-state index in [0.717, 1.165) is 25.7 Å². The van der Waals surface area contributed by atoms with E-state index in [2.05, 4.69) is 11.4 Å². The monoisotopic (exact) mass is 252 g/mol. The third kappa shape index (κ3) is 2.84. The minimum atomic E-state index is -0.907. The lowest BCUT2D eigenvalue weighted by atomic mass is 9.82. The Labute approximate surface area is 109 Å². The summed E-state index contributed by atoms with van der Waals surface area (Å²) in [6.45, 7) is 4.34. The molecule has 0 atom stereocenters. The van der Waals surface area contributed by atoms with E-state index in [0.29, 0.717) is 19.4 Å². The van der Waals surface area contributed by atoms with Gasteiger partial charge in [-0.2, -0.15) is 5.26 Å². The van der Waals surface area contributed by atoms with Crippen LogP contribution in [0.15, 0.2) is 0 Å². The highest BCUT2D eigenvalue weighted by Crippen LogP contribution is 2.37. The van der Waals surface area contributed by atoms with Crippen LogP contribution < -0.4 is 5.32 Å². The molecule has 1 saturated carbocycles. The fraction of sp³-hybridized carbons (Fsp3) is 0.857. The Kier molecular flexibility index (Phi) is 5.15. The van der Waals surface area contributed by atoms with Gasteiger partial charge in [-0.15, -0.1) is 0 Å². The first-order chi connectivity index (χ1) is 8.58. The average molecular weight is 252 g/mol. The topological polar surface area (TPSA) is 73.1 Å². The molecule has 0 radical (unpaired) electrons. The second kappa shape index (κ2) is 6.19. The first kappa shape index (κ1) is 15.0. The number of aliphatic hydroxyl groups is 1. The quantitative estimate of drug-likeness (QED) is 0.759. The van der Waals surface area contributed by atoms with Crippen LogP contribution in [0.1, 0.15) is 52.4 Å². The van der Waals surface area contributed by atoms with Gasteiger partial charge in [-0.1, -0.05) is 26.7 Å². The first-order valence-electron chi connectivity index (χ1n) is 6.88. The fourth-order valence-corrected chi connectivity index (χ4v) is 2.73. The van der Waals surface area contributed by atoms with E-state index in [1.165, 1.54) is 0 Å². The summed E-state index contributed by atoms with van der Waals surface area (Å²) < 4.78 is 0. The number of hydrogen-bond donors (Lipinski definition) is 2. The molecule has 18 heavy (non-hydrogen) atoms. The van der Waals surface area contributed by atoms with Gasteiger partial charge >= 0.3 is 0 Å². The van der Waals surface area contributed by atoms with Crippen LogP contribution in [0, 0.1) is 22.2 Å². The maximum Gasteiger partial charge on any atom is 0.240 e. The van der Waals surface area contributed by atoms with Crippen molar-refractivity contribution in [2.45, 2.75) is 52.4 Å². The molecule has 102 valence electrons. The van der Waals surface area contributed by atoms with Crippen LogP contribution in [0.4, 0.5) is 0 Å². The Morgan fingerprint density at radius 3 is 2.33 bits per heavy atom. The predicted molar refractivity (Wildman–Crippen MR) is 69.6 cm³/mol. The largest absolute Gasteiger partial charge is 0.396 e. The van der Waals surface area contributed by atoms with Crippen LogP contribution in [0.3, 0.4) is 0 Å². The third-order valence-corrected chi connectivity index (χ3v) is 4.48. The second-order valence-corrected chi connectivity index (χ2v) is 5.45. The van der Waals surface area contributed by atoms with Crippen molar-refractivity contribution in [1.29, 1.82) is 5.26 Å². The summed E-state index contributed by atoms with van der Waals surface area (Å²) in [5.41, 5.74) is -1.06. The van der Waals surface area contributed by atoms with E-state index < -0.39 is 5.41 Å². The van der Waals surface area contributed by atoms with Crippen molar-refractivity contribution in [1.82, 2.24) is 5.32 Å². The highest BCUT2D eigenvalue weighted by molar-refractivity contribution is 5.85. The highest BCUT2D eigenvalue weighted by atomic mass is 16.3. The van der Waals surface area contributed by atoms with Gasteiger partial charge in [0.15, 0.2) is 0 Å². The number of nitriles is 1. The molecule has 4 heteroatoms. The lowest BCUT2D eigenvalue weighted by Crippen LogP contribution is -2.45. The lowest BCUT2D eigenvalue weighted by molar-refractivity contribution is -0.129. The molecule has 0 heterocycles. The van der Waals surface area contributed by atoms with E-state index >= 15 is 0 Å². The number of carbonyl (C=O) groups excluding carboxylic acids is 1. The smallest absolute Gasteiger partial charge is 0.240 e. The van der Waals surface area contributed by atoms with Crippen LogP contribution in [0.5, 0.6) is 0 Å². The molecular weight excluding hydrogens is 228 g/mol. The molecule has 0 aromatic rings. The Balaban J connectivity index is 2.62. The highest BCUT2D eigenvalue weighted by Gasteiger charge is 2.38. The Hall–Kier alpha value is -1.08. The van der Waals surface area contributed by atoms with Gasteiger partial charge in [0.1, 0.15) is 5.41 Å². The number of carbonyl (C=O) groups is 1. The zero-order chi connectivity index (χ0) is 13.6. The number of nitrogens with one attached hydrogen (secondary N) is 1. The molecule has 1 fully saturated rings. The summed E-state index contributed by atoms with van der Waals surface area (Å²) in [6, 6.07) is 2.15. The number of hydrogen-bond acceptors (Lipinski definition) is 3. The van der Waals surface area contributed by atoms with Gasteiger partial charge in [0.25, 0.3) is 0 Å². The molecule has 1 amide bonds. The third-order valence-electron chi connectivity index (χ3n) is 4.48. The average Bonchev–Trinajstić information content (AvgIpc) is 2.88. The van der Waals surface area contributed by atoms with Crippen LogP contribution >= 0.6 is 0 Å². The Morgan fingerprint density at radius 1 is 1.39 bits per heavy atom. The van der Waals surface area contributed by atoms with Crippen molar-refractivity contribution >= 4 is 5.91 Å². The minimum absolute atomic E-state index is 0.116. The van der Waals surface area contributed by atoms with E-state index in [4.69, 9.17) is 0 Å². The predicted octanol–water partition coefficient (Wildman–Crippen LogP) is 1.99. The molecule has 1 aliphatic rings. The lowest BCUT2D eigenvalue weighted by Gasteiger charge is -2.29. The molecule has 1 aliphatic carbocycles. The molecule has 0 aliphatic heterocycles. The number of aliphatic hydroxyl groups excluding tert-OH is 1. The SMILES string of the molecule is CCC(C#N)(CC)C(=O)NCC1(CO)CCCC1. The molecule has 0 saturated heterocycles. The number of amides is 1. The molecule has 1 rings (SSSR count). The summed E-state index contributed by atoms with van der Waals surface area (Å²) in [7, 11) is 0. The van der Waals surface area contributed by atoms with Crippen molar-refractivity contribution in [2.24, 2.45) is 10.8 Å². The first-order valence-corrected chi connectivity index (χ1v) is 6.88. The maximum atomic E-state index is 12.2. The molecule has 4 nitrogen and oxygen atoms in total. The van der Waals surface area contributed by atoms with Crippen molar-refractivity contribution in [3.05, 3.63) is 0 Å². The van der Waals surface area contributed by atoms with Gasteiger partial charge in [-0.05, 0) is 25.7 Å². The van der Waals surface area contributed by atoms with Gasteiger partial charge in [0.2, 0.25) is 5.91 Å². The number of rotatable bonds is 6. The summed E-state index contributed by atoms with van der Waals surface area (Å²) in [5, 5.41) is 21.6. The van der Waals surface area contributed by atoms with Crippen LogP contribution in [0.2, 0.25) is 0 Å². The van der Waals surface area contributed by atoms with Gasteiger partial charge < -0.3 is 10.4 Å². The van der Waals surface area contributed by atoms with Crippen LogP contribution in [-0.2, 0) is 4.79 Å². The zero-order valence-corrected chi connectivity index (χ0v) is 11.5. The summed E-state index contributed by atoms with van der Waals surface area (Å²) in [5.74, 6) is -0.185. The van der Waals surface area contributed by atoms with E-state index in [9.17, 15) is 15.2 Å². The Morgan fingerprint density at radius 2 is 1.94 bits per heavy atom. The van der Waals surface area contributed by atoms with E-state index in [1.807, 2.05) is 13.8 Å². The molecular formula is C14H24N2O2. The summed E-state index contributed by atoms with van der Waals surface area (Å²) in [4.78, 5) is 12.2. The van der Waals surface area contributed by atoms with E-state index in [1.54, 1.807) is 0 Å². The molecule has 0 bridgehead atoms. The van der Waals surface area contributed by atoms with Crippen molar-refractivity contribution in [3.8, 4) is 6.07 Å². The molecule has 0 spiro atoms. The van der Waals surface area contributed by atoms with Crippen LogP contribution in [-0.4, -0.2) is 24.2 Å². The van der Waals surface area contributed by atoms with Gasteiger partial charge in [0, 0.05) is 12.0 Å². The summed E-state index contributed by atoms with van der Waals surface area (Å²) in [6.07, 6.45) is 5.20. The van der Waals surface area contributed by atoms with Crippen molar-refractivity contribution in [2.75, 3.05) is 13.2 Å². The minimum Gasteiger partial charge on any atom is -0.396 e. The molecule has 0 unspecified atom stereocenters. The molecule has 0 aromatic heterocycles. The fourth-order valence-electron chi connectivity index (χ4n) is 2.73. The van der Waals surface area contributed by atoms with Gasteiger partial charge in [0.05, 0.1) is 12.7 Å². The van der Waals surface area contributed by atoms with E-state index in [-0.39, 0.29) is 17.9 Å². The molecule has 0 aromatic carbocycles. The van der Waals surface area contributed by atoms with Crippen molar-refractivity contribution < 1.29 is 9.90 Å². The van der Waals surface area contributed by atoms with Crippen molar-refractivity contribution in [3.63, 3.8) is 0 Å². The molecule has 2 N–H and O–H groups in total. The van der Waals surface area contributed by atoms with Crippen LogP contribution in [0.25, 0.3) is 0 Å². The number of nitrogens with zero attached hydrogens (tertiary/aromatic N) is 1. The summed E-state index contributed by atoms with van der Waals surface area (Å²) >= 11 is 0. The second-order valence-electron chi connectivity index (χ2n) is 5.45. The Bertz CT molecular complexity index is 323. The maximum absolute atomic E-state index is 12.2. The standard InChI is InChI=1S/C14H24N2O2/c1-3-14(4-2,9-15)12(18)16-10-13(11-17)7-5-6-8-13/h17H,3-8,10-11H2,1-2H3,(H,16,18). The van der Waals surface area contributed by atoms with Gasteiger partial charge in [-0.25, -0.2) is 0 Å².